The Morgan fingerprint density at radius 3 is 2.53 bits per heavy atom. The lowest BCUT2D eigenvalue weighted by molar-refractivity contribution is -0.168. The number of aromatic nitrogens is 3. The maximum atomic E-state index is 13.8. The average molecular weight is 467 g/mol. The average Bonchev–Trinajstić information content (AvgIpc) is 3.45. The zero-order valence-corrected chi connectivity index (χ0v) is 19.3. The van der Waals surface area contributed by atoms with Crippen molar-refractivity contribution in [1.82, 2.24) is 20.0 Å². The second-order valence-corrected chi connectivity index (χ2v) is 10.8. The highest BCUT2D eigenvalue weighted by molar-refractivity contribution is 5.89. The molecule has 3 heterocycles. The van der Waals surface area contributed by atoms with E-state index in [4.69, 9.17) is 9.26 Å². The summed E-state index contributed by atoms with van der Waals surface area (Å²) in [5.74, 6) is 1.90. The molecule has 4 saturated carbocycles. The Bertz CT molecular complexity index is 1050. The molecule has 1 amide bonds. The third-order valence-electron chi connectivity index (χ3n) is 8.31. The van der Waals surface area contributed by atoms with E-state index in [0.29, 0.717) is 29.1 Å². The number of likely N-dealkylation sites (tertiary alicyclic amines) is 1. The summed E-state index contributed by atoms with van der Waals surface area (Å²) in [4.78, 5) is 37.0. The van der Waals surface area contributed by atoms with E-state index in [1.807, 2.05) is 6.07 Å². The number of hydrogen-bond donors (Lipinski definition) is 1. The predicted molar refractivity (Wildman–Crippen MR) is 119 cm³/mol. The van der Waals surface area contributed by atoms with Crippen LogP contribution in [0.5, 0.6) is 0 Å². The number of β-amino-alcohol motifs (C(OH)–C–C–N with tert-alkyl or cyclic N) is 1. The van der Waals surface area contributed by atoms with Gasteiger partial charge in [-0.1, -0.05) is 5.16 Å². The highest BCUT2D eigenvalue weighted by Gasteiger charge is 2.57. The van der Waals surface area contributed by atoms with Crippen LogP contribution in [0.25, 0.3) is 11.4 Å². The fourth-order valence-electron chi connectivity index (χ4n) is 7.25. The van der Waals surface area contributed by atoms with E-state index in [0.717, 1.165) is 19.3 Å². The number of esters is 1. The number of pyridine rings is 1. The van der Waals surface area contributed by atoms with Crippen LogP contribution in [0, 0.1) is 23.2 Å². The summed E-state index contributed by atoms with van der Waals surface area (Å²) in [7, 11) is 0. The largest absolute Gasteiger partial charge is 0.451 e. The highest BCUT2D eigenvalue weighted by Crippen LogP contribution is 2.60. The molecule has 0 radical (unpaired) electrons. The number of rotatable bonds is 5. The van der Waals surface area contributed by atoms with Crippen LogP contribution in [0.2, 0.25) is 0 Å². The monoisotopic (exact) mass is 466 g/mol. The van der Waals surface area contributed by atoms with Gasteiger partial charge in [0.05, 0.1) is 11.5 Å². The van der Waals surface area contributed by atoms with Crippen LogP contribution in [-0.4, -0.2) is 55.7 Å². The molecule has 9 nitrogen and oxygen atoms in total. The van der Waals surface area contributed by atoms with Crippen LogP contribution in [0.1, 0.15) is 63.9 Å². The summed E-state index contributed by atoms with van der Waals surface area (Å²) in [5, 5.41) is 14.3. The van der Waals surface area contributed by atoms with Crippen LogP contribution in [-0.2, 0) is 14.3 Å². The zero-order chi connectivity index (χ0) is 23.4. The van der Waals surface area contributed by atoms with Crippen LogP contribution < -0.4 is 0 Å². The Labute approximate surface area is 197 Å². The number of ether oxygens (including phenoxy) is 1. The smallest absolute Gasteiger partial charge is 0.329 e. The number of hydrogen-bond acceptors (Lipinski definition) is 8. The van der Waals surface area contributed by atoms with Crippen molar-refractivity contribution in [1.29, 1.82) is 0 Å². The Morgan fingerprint density at radius 2 is 1.88 bits per heavy atom. The van der Waals surface area contributed by atoms with Crippen molar-refractivity contribution in [2.24, 2.45) is 23.2 Å². The molecule has 5 fully saturated rings. The molecule has 2 aromatic heterocycles. The second kappa shape index (κ2) is 8.15. The van der Waals surface area contributed by atoms with Gasteiger partial charge in [-0.25, -0.2) is 4.79 Å². The third-order valence-corrected chi connectivity index (χ3v) is 8.31. The molecule has 34 heavy (non-hydrogen) atoms. The van der Waals surface area contributed by atoms with E-state index < -0.39 is 24.2 Å². The molecule has 4 aliphatic carbocycles. The number of aliphatic hydroxyl groups excluding tert-OH is 1. The second-order valence-electron chi connectivity index (χ2n) is 10.8. The van der Waals surface area contributed by atoms with E-state index in [2.05, 4.69) is 15.1 Å². The van der Waals surface area contributed by atoms with E-state index >= 15 is 0 Å². The Morgan fingerprint density at radius 1 is 1.18 bits per heavy atom. The molecule has 4 bridgehead atoms. The van der Waals surface area contributed by atoms with Crippen molar-refractivity contribution in [3.05, 3.63) is 30.4 Å². The number of amides is 1. The molecule has 5 aliphatic rings. The van der Waals surface area contributed by atoms with Gasteiger partial charge in [-0.2, -0.15) is 4.98 Å². The van der Waals surface area contributed by atoms with Crippen molar-refractivity contribution < 1.29 is 24.0 Å². The van der Waals surface area contributed by atoms with Gasteiger partial charge in [-0.15, -0.1) is 0 Å². The lowest BCUT2D eigenvalue weighted by Gasteiger charge is -2.56. The topological polar surface area (TPSA) is 119 Å². The van der Waals surface area contributed by atoms with Gasteiger partial charge in [-0.05, 0) is 75.3 Å². The minimum absolute atomic E-state index is 0.0365. The first kappa shape index (κ1) is 21.7. The lowest BCUT2D eigenvalue weighted by atomic mass is 9.49. The van der Waals surface area contributed by atoms with E-state index in [9.17, 15) is 14.7 Å². The SMILES string of the molecule is CC(OC(=O)[C@@H]1CC(O)CN1C(=O)C12CC3CC(CC(C3)C1)C2)c1nc(-c2cccnc2)no1. The van der Waals surface area contributed by atoms with Crippen molar-refractivity contribution in [2.75, 3.05) is 6.54 Å². The van der Waals surface area contributed by atoms with Crippen LogP contribution in [0.3, 0.4) is 0 Å². The summed E-state index contributed by atoms with van der Waals surface area (Å²) >= 11 is 0. The van der Waals surface area contributed by atoms with Gasteiger partial charge in [-0.3, -0.25) is 9.78 Å². The molecule has 3 atom stereocenters. The highest BCUT2D eigenvalue weighted by atomic mass is 16.6. The maximum Gasteiger partial charge on any atom is 0.329 e. The molecular weight excluding hydrogens is 436 g/mol. The van der Waals surface area contributed by atoms with E-state index in [-0.39, 0.29) is 30.2 Å². The maximum absolute atomic E-state index is 13.8. The van der Waals surface area contributed by atoms with Crippen LogP contribution in [0.15, 0.2) is 29.0 Å². The number of nitrogens with zero attached hydrogens (tertiary/aromatic N) is 4. The molecule has 0 aromatic carbocycles. The molecule has 1 aliphatic heterocycles. The van der Waals surface area contributed by atoms with Gasteiger partial charge in [0.1, 0.15) is 6.04 Å². The molecule has 1 N–H and O–H groups in total. The van der Waals surface area contributed by atoms with Gasteiger partial charge in [0.2, 0.25) is 11.7 Å². The van der Waals surface area contributed by atoms with Crippen molar-refractivity contribution in [3.8, 4) is 11.4 Å². The Kier molecular flexibility index (Phi) is 5.20. The van der Waals surface area contributed by atoms with Gasteiger partial charge >= 0.3 is 5.97 Å². The Hall–Kier alpha value is -2.81. The Balaban J connectivity index is 1.16. The summed E-state index contributed by atoms with van der Waals surface area (Å²) in [6.07, 6.45) is 8.43. The number of carbonyl (C=O) groups excluding carboxylic acids is 2. The van der Waals surface area contributed by atoms with Crippen LogP contribution in [0.4, 0.5) is 0 Å². The van der Waals surface area contributed by atoms with Gasteiger partial charge in [0.15, 0.2) is 6.10 Å². The molecule has 180 valence electrons. The summed E-state index contributed by atoms with van der Waals surface area (Å²) in [5.41, 5.74) is 0.330. The van der Waals surface area contributed by atoms with Gasteiger partial charge in [0, 0.05) is 30.9 Å². The van der Waals surface area contributed by atoms with E-state index in [1.165, 1.54) is 19.3 Å². The van der Waals surface area contributed by atoms with Gasteiger partial charge < -0.3 is 19.3 Å². The van der Waals surface area contributed by atoms with Crippen LogP contribution >= 0.6 is 0 Å². The fourth-order valence-corrected chi connectivity index (χ4v) is 7.25. The van der Waals surface area contributed by atoms with Crippen molar-refractivity contribution in [2.45, 2.75) is 70.1 Å². The molecule has 2 unspecified atom stereocenters. The zero-order valence-electron chi connectivity index (χ0n) is 19.3. The first-order chi connectivity index (χ1) is 16.4. The van der Waals surface area contributed by atoms with Crippen molar-refractivity contribution >= 4 is 11.9 Å². The lowest BCUT2D eigenvalue weighted by Crippen LogP contribution is -2.56. The van der Waals surface area contributed by atoms with E-state index in [1.54, 1.807) is 30.3 Å². The standard InChI is InChI=1S/C25H30N4O5/c1-14(22-27-21(28-34-22)18-3-2-4-26-12-18)33-23(31)20-8-19(30)13-29(20)24(32)25-9-15-5-16(10-25)7-17(6-15)11-25/h2-4,12,14-17,19-20,30H,5-11,13H2,1H3/t14?,15?,16?,17?,19?,20-,25?/m0/s1. The predicted octanol–water partition coefficient (Wildman–Crippen LogP) is 2.91. The third kappa shape index (κ3) is 3.70. The first-order valence-electron chi connectivity index (χ1n) is 12.3. The van der Waals surface area contributed by atoms with Crippen molar-refractivity contribution in [3.63, 3.8) is 0 Å². The van der Waals surface area contributed by atoms with Gasteiger partial charge in [0.25, 0.3) is 5.89 Å². The quantitative estimate of drug-likeness (QED) is 0.668. The fraction of sp³-hybridized carbons (Fsp3) is 0.640. The summed E-state index contributed by atoms with van der Waals surface area (Å²) in [6.45, 7) is 1.84. The summed E-state index contributed by atoms with van der Waals surface area (Å²) in [6, 6.07) is 2.79. The normalized spacial score (nSPS) is 34.9. The molecule has 2 aromatic rings. The molecule has 7 rings (SSSR count). The first-order valence-corrected chi connectivity index (χ1v) is 12.3. The minimum atomic E-state index is -0.793. The summed E-state index contributed by atoms with van der Waals surface area (Å²) < 4.78 is 11.0. The molecule has 9 heteroatoms. The molecule has 0 spiro atoms. The molecule has 1 saturated heterocycles. The minimum Gasteiger partial charge on any atom is -0.451 e. The number of carbonyl (C=O) groups is 2. The number of aliphatic hydroxyl groups is 1. The molecular formula is C25H30N4O5.